The number of hydrogen-bond donors (Lipinski definition) is 3. The van der Waals surface area contributed by atoms with Gasteiger partial charge in [-0.25, -0.2) is 0 Å². The minimum atomic E-state index is -1.91. The summed E-state index contributed by atoms with van der Waals surface area (Å²) in [5.74, 6) is 0. The number of rotatable bonds is 2. The van der Waals surface area contributed by atoms with E-state index in [-0.39, 0.29) is 0 Å². The maximum atomic E-state index is 4.08. The second-order valence-corrected chi connectivity index (χ2v) is 18.9. The van der Waals surface area contributed by atoms with Gasteiger partial charge in [-0.1, -0.05) is 60.7 Å². The van der Waals surface area contributed by atoms with Crippen LogP contribution in [0.1, 0.15) is 0 Å². The molecule has 116 valence electrons. The summed E-state index contributed by atoms with van der Waals surface area (Å²) < 4.78 is 12.1. The van der Waals surface area contributed by atoms with Crippen LogP contribution >= 0.6 is 0 Å². The molecule has 6 heteroatoms. The molecule has 1 fully saturated rings. The fourth-order valence-corrected chi connectivity index (χ4v) is 24.1. The smallest absolute Gasteiger partial charge is 0.220 e. The third-order valence-corrected chi connectivity index (χ3v) is 20.3. The molecule has 0 radical (unpaired) electrons. The Bertz CT molecular complexity index is 595. The molecular formula is C16H25N3Si3. The van der Waals surface area contributed by atoms with Gasteiger partial charge in [0.25, 0.3) is 0 Å². The van der Waals surface area contributed by atoms with Crippen molar-refractivity contribution in [2.45, 2.75) is 26.2 Å². The molecule has 2 aromatic rings. The van der Waals surface area contributed by atoms with Crippen molar-refractivity contribution in [3.63, 3.8) is 0 Å². The van der Waals surface area contributed by atoms with Crippen LogP contribution in [0, 0.1) is 0 Å². The van der Waals surface area contributed by atoms with E-state index < -0.39 is 25.2 Å². The summed E-state index contributed by atoms with van der Waals surface area (Å²) in [5.41, 5.74) is 0. The highest BCUT2D eigenvalue weighted by atomic mass is 28.5. The number of nitrogens with one attached hydrogen (secondary N) is 3. The Morgan fingerprint density at radius 1 is 0.545 bits per heavy atom. The van der Waals surface area contributed by atoms with E-state index in [4.69, 9.17) is 0 Å². The topological polar surface area (TPSA) is 36.1 Å². The summed E-state index contributed by atoms with van der Waals surface area (Å²) in [6, 6.07) is 21.8. The molecule has 2 atom stereocenters. The Balaban J connectivity index is 2.04. The van der Waals surface area contributed by atoms with Crippen molar-refractivity contribution in [1.29, 1.82) is 0 Å². The molecule has 22 heavy (non-hydrogen) atoms. The highest BCUT2D eigenvalue weighted by molar-refractivity contribution is 7.12. The largest absolute Gasteiger partial charge is 0.333 e. The van der Waals surface area contributed by atoms with Crippen LogP contribution < -0.4 is 24.3 Å². The maximum Gasteiger partial charge on any atom is 0.220 e. The van der Waals surface area contributed by atoms with Gasteiger partial charge in [-0.2, -0.15) is 0 Å². The van der Waals surface area contributed by atoms with E-state index in [9.17, 15) is 0 Å². The van der Waals surface area contributed by atoms with Gasteiger partial charge in [-0.3, -0.25) is 0 Å². The molecule has 3 nitrogen and oxygen atoms in total. The summed E-state index contributed by atoms with van der Waals surface area (Å²) in [5, 5.41) is 2.87. The summed E-state index contributed by atoms with van der Waals surface area (Å²) in [6.45, 7) is 9.59. The molecule has 0 amide bonds. The van der Waals surface area contributed by atoms with E-state index in [0.29, 0.717) is 0 Å². The lowest BCUT2D eigenvalue weighted by atomic mass is 10.4. The molecule has 3 rings (SSSR count). The lowest BCUT2D eigenvalue weighted by molar-refractivity contribution is 1.06. The molecule has 1 saturated heterocycles. The zero-order valence-electron chi connectivity index (χ0n) is 13.8. The van der Waals surface area contributed by atoms with Crippen molar-refractivity contribution in [3.05, 3.63) is 60.7 Å². The Morgan fingerprint density at radius 3 is 1.27 bits per heavy atom. The zero-order chi connectivity index (χ0) is 15.8. The third kappa shape index (κ3) is 3.03. The molecule has 1 aliphatic heterocycles. The van der Waals surface area contributed by atoms with Gasteiger partial charge in [0.1, 0.15) is 0 Å². The van der Waals surface area contributed by atoms with E-state index >= 15 is 0 Å². The summed E-state index contributed by atoms with van der Waals surface area (Å²) in [7, 11) is -5.48. The van der Waals surface area contributed by atoms with E-state index in [0.717, 1.165) is 0 Å². The molecule has 0 spiro atoms. The Morgan fingerprint density at radius 2 is 0.909 bits per heavy atom. The van der Waals surface area contributed by atoms with Crippen LogP contribution in [0.2, 0.25) is 26.2 Å². The van der Waals surface area contributed by atoms with Gasteiger partial charge in [-0.05, 0) is 36.6 Å². The van der Waals surface area contributed by atoms with Gasteiger partial charge < -0.3 is 13.9 Å². The van der Waals surface area contributed by atoms with Crippen LogP contribution in [0.3, 0.4) is 0 Å². The zero-order valence-corrected chi connectivity index (χ0v) is 16.8. The second kappa shape index (κ2) is 5.55. The molecule has 2 aromatic carbocycles. The first-order valence-electron chi connectivity index (χ1n) is 7.82. The van der Waals surface area contributed by atoms with Crippen LogP contribution in [0.25, 0.3) is 0 Å². The van der Waals surface area contributed by atoms with Gasteiger partial charge in [0.15, 0.2) is 8.40 Å². The Kier molecular flexibility index (Phi) is 4.00. The lowest BCUT2D eigenvalue weighted by Crippen LogP contribution is -2.94. The molecular weight excluding hydrogens is 318 g/mol. The number of benzene rings is 2. The average molecular weight is 344 g/mol. The first-order chi connectivity index (χ1) is 10.3. The first-order valence-corrected chi connectivity index (χ1v) is 15.8. The van der Waals surface area contributed by atoms with Crippen molar-refractivity contribution in [2.75, 3.05) is 0 Å². The fourth-order valence-electron chi connectivity index (χ4n) is 3.68. The molecule has 1 aliphatic rings. The van der Waals surface area contributed by atoms with Crippen LogP contribution in [0.5, 0.6) is 0 Å². The van der Waals surface area contributed by atoms with Crippen molar-refractivity contribution in [1.82, 2.24) is 13.9 Å². The van der Waals surface area contributed by atoms with Crippen molar-refractivity contribution < 1.29 is 0 Å². The van der Waals surface area contributed by atoms with Crippen molar-refractivity contribution in [2.24, 2.45) is 0 Å². The summed E-state index contributed by atoms with van der Waals surface area (Å²) in [4.78, 5) is 0. The monoisotopic (exact) mass is 343 g/mol. The van der Waals surface area contributed by atoms with Gasteiger partial charge in [-0.15, -0.1) is 0 Å². The van der Waals surface area contributed by atoms with E-state index in [2.05, 4.69) is 101 Å². The third-order valence-electron chi connectivity index (χ3n) is 4.33. The molecule has 3 N–H and O–H groups in total. The number of hydrogen-bond acceptors (Lipinski definition) is 3. The lowest BCUT2D eigenvalue weighted by Gasteiger charge is -2.52. The molecule has 0 aromatic heterocycles. The summed E-state index contributed by atoms with van der Waals surface area (Å²) in [6.07, 6.45) is 0. The Labute approximate surface area is 136 Å². The maximum absolute atomic E-state index is 4.08. The Hall–Kier alpha value is -1.03. The van der Waals surface area contributed by atoms with Crippen LogP contribution in [-0.4, -0.2) is 25.2 Å². The van der Waals surface area contributed by atoms with Crippen LogP contribution in [0.4, 0.5) is 0 Å². The fraction of sp³-hybridized carbons (Fsp3) is 0.250. The highest BCUT2D eigenvalue weighted by Gasteiger charge is 2.51. The van der Waals surface area contributed by atoms with Crippen molar-refractivity contribution >= 4 is 35.6 Å². The van der Waals surface area contributed by atoms with Crippen LogP contribution in [0.15, 0.2) is 60.7 Å². The van der Waals surface area contributed by atoms with Gasteiger partial charge in [0.2, 0.25) is 16.8 Å². The molecule has 0 bridgehead atoms. The van der Waals surface area contributed by atoms with Gasteiger partial charge in [0.05, 0.1) is 0 Å². The van der Waals surface area contributed by atoms with Gasteiger partial charge >= 0.3 is 0 Å². The molecule has 0 aliphatic carbocycles. The van der Waals surface area contributed by atoms with Gasteiger partial charge in [0, 0.05) is 0 Å². The second-order valence-electron chi connectivity index (χ2n) is 6.98. The van der Waals surface area contributed by atoms with E-state index in [1.54, 1.807) is 0 Å². The average Bonchev–Trinajstić information content (AvgIpc) is 2.47. The SMILES string of the molecule is C[Si]1(C)N[Si](C)(c2ccccc2)N[Si](C)(c2ccccc2)N1. The van der Waals surface area contributed by atoms with Crippen LogP contribution in [-0.2, 0) is 0 Å². The predicted octanol–water partition coefficient (Wildman–Crippen LogP) is 1.43. The predicted molar refractivity (Wildman–Crippen MR) is 102 cm³/mol. The minimum absolute atomic E-state index is 1.44. The van der Waals surface area contributed by atoms with E-state index in [1.165, 1.54) is 10.4 Å². The standard InChI is InChI=1S/C16H25N3Si3/c1-20(2)17-21(3,15-11-7-5-8-12-15)19-22(4,18-20)16-13-9-6-10-14-16/h5-14,17-19H,1-4H3. The summed E-state index contributed by atoms with van der Waals surface area (Å²) >= 11 is 0. The molecule has 2 unspecified atom stereocenters. The molecule has 0 saturated carbocycles. The van der Waals surface area contributed by atoms with Crippen molar-refractivity contribution in [3.8, 4) is 0 Å². The quantitative estimate of drug-likeness (QED) is 0.722. The minimum Gasteiger partial charge on any atom is -0.333 e. The highest BCUT2D eigenvalue weighted by Crippen LogP contribution is 2.13. The normalized spacial score (nSPS) is 30.9. The van der Waals surface area contributed by atoms with E-state index in [1.807, 2.05) is 0 Å². The molecule has 1 heterocycles. The first kappa shape index (κ1) is 15.9.